The van der Waals surface area contributed by atoms with Gasteiger partial charge in [-0.05, 0) is 36.5 Å². The fourth-order valence-electron chi connectivity index (χ4n) is 3.28. The van der Waals surface area contributed by atoms with E-state index in [0.717, 1.165) is 11.3 Å². The highest BCUT2D eigenvalue weighted by Gasteiger charge is 2.29. The zero-order valence-corrected chi connectivity index (χ0v) is 12.5. The zero-order valence-electron chi connectivity index (χ0n) is 12.5. The van der Waals surface area contributed by atoms with Gasteiger partial charge in [0.25, 0.3) is 0 Å². The molecular weight excluding hydrogens is 252 g/mol. The molecule has 1 fully saturated rings. The Morgan fingerprint density at radius 2 is 1.95 bits per heavy atom. The third-order valence-corrected chi connectivity index (χ3v) is 4.34. The maximum absolute atomic E-state index is 10.5. The Bertz CT molecular complexity index is 399. The van der Waals surface area contributed by atoms with Gasteiger partial charge in [0.15, 0.2) is 0 Å². The largest absolute Gasteiger partial charge is 0.497 e. The van der Waals surface area contributed by atoms with Crippen molar-refractivity contribution in [2.75, 3.05) is 14.2 Å². The lowest BCUT2D eigenvalue weighted by atomic mass is 9.82. The molecule has 20 heavy (non-hydrogen) atoms. The standard InChI is InChI=1S/C17H26O3/c1-19-15-10-6-7-13(11-15)12-16(18)17(20-2)14-8-4-3-5-9-14/h6-7,10-11,14,16-18H,3-5,8-9,12H2,1-2H3. The van der Waals surface area contributed by atoms with E-state index in [-0.39, 0.29) is 6.10 Å². The normalized spacial score (nSPS) is 19.6. The molecule has 0 radical (unpaired) electrons. The molecule has 0 saturated heterocycles. The monoisotopic (exact) mass is 278 g/mol. The molecule has 1 aliphatic rings. The summed E-state index contributed by atoms with van der Waals surface area (Å²) in [6, 6.07) is 7.89. The van der Waals surface area contributed by atoms with Crippen LogP contribution in [0.4, 0.5) is 0 Å². The summed E-state index contributed by atoms with van der Waals surface area (Å²) >= 11 is 0. The first kappa shape index (κ1) is 15.3. The number of ether oxygens (including phenoxy) is 2. The first-order chi connectivity index (χ1) is 9.74. The minimum atomic E-state index is -0.449. The summed E-state index contributed by atoms with van der Waals surface area (Å²) in [4.78, 5) is 0. The number of rotatable bonds is 6. The average molecular weight is 278 g/mol. The highest BCUT2D eigenvalue weighted by Crippen LogP contribution is 2.30. The van der Waals surface area contributed by atoms with Gasteiger partial charge in [-0.15, -0.1) is 0 Å². The number of hydrogen-bond acceptors (Lipinski definition) is 3. The summed E-state index contributed by atoms with van der Waals surface area (Å²) in [5, 5.41) is 10.5. The predicted molar refractivity (Wildman–Crippen MR) is 80.1 cm³/mol. The van der Waals surface area contributed by atoms with Crippen LogP contribution in [-0.4, -0.2) is 31.5 Å². The minimum Gasteiger partial charge on any atom is -0.497 e. The van der Waals surface area contributed by atoms with E-state index in [4.69, 9.17) is 9.47 Å². The molecule has 1 aromatic rings. The molecule has 3 nitrogen and oxygen atoms in total. The average Bonchev–Trinajstić information content (AvgIpc) is 2.49. The predicted octanol–water partition coefficient (Wildman–Crippen LogP) is 3.19. The van der Waals surface area contributed by atoms with Gasteiger partial charge in [0.1, 0.15) is 5.75 Å². The summed E-state index contributed by atoms with van der Waals surface area (Å²) in [5.41, 5.74) is 1.09. The minimum absolute atomic E-state index is 0.0542. The molecular formula is C17H26O3. The lowest BCUT2D eigenvalue weighted by Crippen LogP contribution is -2.37. The summed E-state index contributed by atoms with van der Waals surface area (Å²) in [6.45, 7) is 0. The molecule has 1 aliphatic carbocycles. The van der Waals surface area contributed by atoms with Gasteiger partial charge in [-0.3, -0.25) is 0 Å². The second-order valence-corrected chi connectivity index (χ2v) is 5.72. The number of methoxy groups -OCH3 is 2. The SMILES string of the molecule is COc1cccc(CC(O)C(OC)C2CCCCC2)c1. The maximum atomic E-state index is 10.5. The lowest BCUT2D eigenvalue weighted by molar-refractivity contribution is -0.0535. The molecule has 3 heteroatoms. The van der Waals surface area contributed by atoms with E-state index in [9.17, 15) is 5.11 Å². The molecule has 0 spiro atoms. The number of hydrogen-bond donors (Lipinski definition) is 1. The third kappa shape index (κ3) is 3.97. The quantitative estimate of drug-likeness (QED) is 0.868. The van der Waals surface area contributed by atoms with Gasteiger partial charge in [-0.1, -0.05) is 31.4 Å². The number of aliphatic hydroxyl groups excluding tert-OH is 1. The molecule has 112 valence electrons. The first-order valence-electron chi connectivity index (χ1n) is 7.58. The van der Waals surface area contributed by atoms with E-state index in [0.29, 0.717) is 12.3 Å². The molecule has 2 rings (SSSR count). The van der Waals surface area contributed by atoms with Gasteiger partial charge in [0.05, 0.1) is 19.3 Å². The van der Waals surface area contributed by atoms with Crippen molar-refractivity contribution in [3.63, 3.8) is 0 Å². The van der Waals surface area contributed by atoms with Crippen molar-refractivity contribution in [1.82, 2.24) is 0 Å². The van der Waals surface area contributed by atoms with Crippen LogP contribution in [0.5, 0.6) is 5.75 Å². The van der Waals surface area contributed by atoms with E-state index < -0.39 is 6.10 Å². The molecule has 2 atom stereocenters. The molecule has 0 aliphatic heterocycles. The summed E-state index contributed by atoms with van der Waals surface area (Å²) < 4.78 is 10.8. The van der Waals surface area contributed by atoms with Crippen molar-refractivity contribution in [2.24, 2.45) is 5.92 Å². The summed E-state index contributed by atoms with van der Waals surface area (Å²) in [6.07, 6.45) is 6.30. The van der Waals surface area contributed by atoms with Crippen LogP contribution < -0.4 is 4.74 Å². The van der Waals surface area contributed by atoms with Crippen LogP contribution in [-0.2, 0) is 11.2 Å². The van der Waals surface area contributed by atoms with Gasteiger partial charge in [-0.2, -0.15) is 0 Å². The fourth-order valence-corrected chi connectivity index (χ4v) is 3.28. The molecule has 1 saturated carbocycles. The Labute approximate surface area is 121 Å². The van der Waals surface area contributed by atoms with E-state index >= 15 is 0 Å². The molecule has 0 aromatic heterocycles. The van der Waals surface area contributed by atoms with Crippen LogP contribution in [0.3, 0.4) is 0 Å². The molecule has 1 N–H and O–H groups in total. The van der Waals surface area contributed by atoms with Gasteiger partial charge in [0, 0.05) is 13.5 Å². The fraction of sp³-hybridized carbons (Fsp3) is 0.647. The highest BCUT2D eigenvalue weighted by atomic mass is 16.5. The Hall–Kier alpha value is -1.06. The van der Waals surface area contributed by atoms with Crippen molar-refractivity contribution < 1.29 is 14.6 Å². The van der Waals surface area contributed by atoms with Crippen molar-refractivity contribution in [3.05, 3.63) is 29.8 Å². The highest BCUT2D eigenvalue weighted by molar-refractivity contribution is 5.28. The van der Waals surface area contributed by atoms with Crippen molar-refractivity contribution in [3.8, 4) is 5.75 Å². The molecule has 2 unspecified atom stereocenters. The second kappa shape index (κ2) is 7.65. The first-order valence-corrected chi connectivity index (χ1v) is 7.58. The zero-order chi connectivity index (χ0) is 14.4. The third-order valence-electron chi connectivity index (χ3n) is 4.34. The van der Waals surface area contributed by atoms with E-state index in [1.54, 1.807) is 14.2 Å². The van der Waals surface area contributed by atoms with Crippen LogP contribution in [0.15, 0.2) is 24.3 Å². The van der Waals surface area contributed by atoms with Crippen LogP contribution in [0.25, 0.3) is 0 Å². The van der Waals surface area contributed by atoms with Crippen LogP contribution in [0, 0.1) is 5.92 Å². The Balaban J connectivity index is 1.98. The molecule has 0 heterocycles. The van der Waals surface area contributed by atoms with E-state index in [2.05, 4.69) is 0 Å². The Morgan fingerprint density at radius 1 is 1.20 bits per heavy atom. The van der Waals surface area contributed by atoms with Gasteiger partial charge < -0.3 is 14.6 Å². The van der Waals surface area contributed by atoms with Crippen molar-refractivity contribution in [2.45, 2.75) is 50.7 Å². The van der Waals surface area contributed by atoms with E-state index in [1.165, 1.54) is 32.1 Å². The molecule has 0 amide bonds. The lowest BCUT2D eigenvalue weighted by Gasteiger charge is -2.32. The van der Waals surface area contributed by atoms with Crippen LogP contribution >= 0.6 is 0 Å². The Kier molecular flexibility index (Phi) is 5.86. The Morgan fingerprint density at radius 3 is 2.60 bits per heavy atom. The molecule has 1 aromatic carbocycles. The second-order valence-electron chi connectivity index (χ2n) is 5.72. The van der Waals surface area contributed by atoms with Crippen molar-refractivity contribution >= 4 is 0 Å². The van der Waals surface area contributed by atoms with E-state index in [1.807, 2.05) is 24.3 Å². The topological polar surface area (TPSA) is 38.7 Å². The maximum Gasteiger partial charge on any atom is 0.119 e. The van der Waals surface area contributed by atoms with Gasteiger partial charge in [0.2, 0.25) is 0 Å². The van der Waals surface area contributed by atoms with Crippen LogP contribution in [0.2, 0.25) is 0 Å². The molecule has 0 bridgehead atoms. The van der Waals surface area contributed by atoms with Gasteiger partial charge in [-0.25, -0.2) is 0 Å². The number of benzene rings is 1. The smallest absolute Gasteiger partial charge is 0.119 e. The number of aliphatic hydroxyl groups is 1. The summed E-state index contributed by atoms with van der Waals surface area (Å²) in [7, 11) is 3.38. The van der Waals surface area contributed by atoms with Gasteiger partial charge >= 0.3 is 0 Å². The van der Waals surface area contributed by atoms with Crippen molar-refractivity contribution in [1.29, 1.82) is 0 Å². The summed E-state index contributed by atoms with van der Waals surface area (Å²) in [5.74, 6) is 1.33. The van der Waals surface area contributed by atoms with Crippen LogP contribution in [0.1, 0.15) is 37.7 Å².